The Bertz CT molecular complexity index is 488. The molecule has 100 valence electrons. The first-order valence-corrected chi connectivity index (χ1v) is 6.61. The van der Waals surface area contributed by atoms with Gasteiger partial charge < -0.3 is 16.0 Å². The van der Waals surface area contributed by atoms with Crippen molar-refractivity contribution >= 4 is 17.7 Å². The van der Waals surface area contributed by atoms with Crippen molar-refractivity contribution < 1.29 is 4.79 Å². The number of nitrogens with one attached hydrogen (secondary N) is 2. The number of nitrogens with zero attached hydrogens (tertiary/aromatic N) is 1. The predicted octanol–water partition coefficient (Wildman–Crippen LogP) is 0.0239. The van der Waals surface area contributed by atoms with Crippen LogP contribution in [0.15, 0.2) is 16.0 Å². The molecule has 7 heteroatoms. The first-order valence-electron chi connectivity index (χ1n) is 5.63. The number of H-pyrrole nitrogens is 1. The summed E-state index contributed by atoms with van der Waals surface area (Å²) in [6, 6.07) is 1.42. The molecule has 0 saturated carbocycles. The zero-order chi connectivity index (χ0) is 13.8. The Labute approximate surface area is 110 Å². The number of amides is 1. The van der Waals surface area contributed by atoms with Crippen LogP contribution in [0.4, 0.5) is 0 Å². The second kappa shape index (κ2) is 6.01. The van der Waals surface area contributed by atoms with Gasteiger partial charge in [0, 0.05) is 17.5 Å². The number of aryl methyl sites for hydroxylation is 1. The van der Waals surface area contributed by atoms with Gasteiger partial charge in [-0.05, 0) is 20.4 Å². The van der Waals surface area contributed by atoms with Crippen molar-refractivity contribution in [1.82, 2.24) is 15.3 Å². The van der Waals surface area contributed by atoms with E-state index in [1.807, 2.05) is 6.92 Å². The maximum Gasteiger partial charge on any atom is 0.251 e. The molecule has 1 heterocycles. The zero-order valence-corrected chi connectivity index (χ0v) is 11.6. The molecular formula is C11H18N4O2S. The lowest BCUT2D eigenvalue weighted by Crippen LogP contribution is -2.55. The van der Waals surface area contributed by atoms with Gasteiger partial charge >= 0.3 is 0 Å². The minimum absolute atomic E-state index is 0.200. The molecule has 1 unspecified atom stereocenters. The summed E-state index contributed by atoms with van der Waals surface area (Å²) in [4.78, 5) is 29.5. The molecule has 0 spiro atoms. The van der Waals surface area contributed by atoms with Gasteiger partial charge in [0.2, 0.25) is 5.91 Å². The van der Waals surface area contributed by atoms with Gasteiger partial charge in [0.25, 0.3) is 5.56 Å². The Morgan fingerprint density at radius 3 is 2.83 bits per heavy atom. The number of carbonyl (C=O) groups is 1. The number of primary amides is 1. The number of nitrogens with two attached hydrogens (primary N) is 1. The van der Waals surface area contributed by atoms with E-state index in [2.05, 4.69) is 15.3 Å². The van der Waals surface area contributed by atoms with Crippen molar-refractivity contribution in [3.63, 3.8) is 0 Å². The van der Waals surface area contributed by atoms with E-state index in [0.717, 1.165) is 0 Å². The number of thioether (sulfide) groups is 1. The molecule has 0 aromatic carbocycles. The van der Waals surface area contributed by atoms with Crippen LogP contribution in [-0.2, 0) is 4.79 Å². The Morgan fingerprint density at radius 1 is 1.67 bits per heavy atom. The van der Waals surface area contributed by atoms with E-state index in [4.69, 9.17) is 5.73 Å². The van der Waals surface area contributed by atoms with E-state index in [1.54, 1.807) is 13.8 Å². The molecule has 1 amide bonds. The molecular weight excluding hydrogens is 252 g/mol. The van der Waals surface area contributed by atoms with Crippen molar-refractivity contribution in [3.05, 3.63) is 22.1 Å². The Morgan fingerprint density at radius 2 is 2.33 bits per heavy atom. The van der Waals surface area contributed by atoms with Gasteiger partial charge in [0.1, 0.15) is 5.54 Å². The van der Waals surface area contributed by atoms with Gasteiger partial charge in [0.15, 0.2) is 5.16 Å². The molecule has 0 aliphatic carbocycles. The largest absolute Gasteiger partial charge is 0.368 e. The first-order chi connectivity index (χ1) is 8.37. The minimum atomic E-state index is -0.818. The van der Waals surface area contributed by atoms with Gasteiger partial charge in [0.05, 0.1) is 0 Å². The number of hydrogen-bond acceptors (Lipinski definition) is 5. The Balaban J connectivity index is 2.79. The summed E-state index contributed by atoms with van der Waals surface area (Å²) >= 11 is 1.29. The summed E-state index contributed by atoms with van der Waals surface area (Å²) in [5.41, 5.74) is 5.00. The van der Waals surface area contributed by atoms with Crippen LogP contribution in [0.2, 0.25) is 0 Å². The quantitative estimate of drug-likeness (QED) is 0.500. The van der Waals surface area contributed by atoms with E-state index in [9.17, 15) is 9.59 Å². The summed E-state index contributed by atoms with van der Waals surface area (Å²) in [6.45, 7) is 6.02. The maximum absolute atomic E-state index is 11.4. The molecule has 0 radical (unpaired) electrons. The highest BCUT2D eigenvalue weighted by atomic mass is 32.2. The van der Waals surface area contributed by atoms with Gasteiger partial charge in [-0.15, -0.1) is 0 Å². The maximum atomic E-state index is 11.4. The van der Waals surface area contributed by atoms with E-state index in [1.165, 1.54) is 17.8 Å². The van der Waals surface area contributed by atoms with Gasteiger partial charge in [-0.1, -0.05) is 18.7 Å². The molecule has 0 saturated heterocycles. The second-order valence-electron chi connectivity index (χ2n) is 4.21. The van der Waals surface area contributed by atoms with Crippen LogP contribution in [0.1, 0.15) is 19.5 Å². The van der Waals surface area contributed by atoms with Crippen molar-refractivity contribution in [3.8, 4) is 0 Å². The summed E-state index contributed by atoms with van der Waals surface area (Å²) < 4.78 is 0. The van der Waals surface area contributed by atoms with Crippen LogP contribution in [-0.4, -0.2) is 33.7 Å². The molecule has 1 atom stereocenters. The predicted molar refractivity (Wildman–Crippen MR) is 71.6 cm³/mol. The molecule has 0 bridgehead atoms. The highest BCUT2D eigenvalue weighted by Crippen LogP contribution is 2.18. The highest BCUT2D eigenvalue weighted by Gasteiger charge is 2.30. The number of hydrogen-bond donors (Lipinski definition) is 3. The molecule has 6 nitrogen and oxygen atoms in total. The van der Waals surface area contributed by atoms with E-state index in [0.29, 0.717) is 23.1 Å². The lowest BCUT2D eigenvalue weighted by Gasteiger charge is -2.26. The van der Waals surface area contributed by atoms with Crippen LogP contribution >= 0.6 is 11.8 Å². The number of aromatic nitrogens is 2. The fourth-order valence-corrected chi connectivity index (χ4v) is 2.48. The average molecular weight is 270 g/mol. The lowest BCUT2D eigenvalue weighted by molar-refractivity contribution is -0.122. The summed E-state index contributed by atoms with van der Waals surface area (Å²) in [6.07, 6.45) is 0. The van der Waals surface area contributed by atoms with Crippen molar-refractivity contribution in [2.24, 2.45) is 5.73 Å². The van der Waals surface area contributed by atoms with Gasteiger partial charge in [-0.2, -0.15) is 0 Å². The number of rotatable bonds is 6. The third kappa shape index (κ3) is 3.85. The third-order valence-electron chi connectivity index (χ3n) is 2.46. The third-order valence-corrected chi connectivity index (χ3v) is 3.64. The standard InChI is InChI=1S/C11H18N4O2S/c1-4-13-11(3,9(12)17)6-18-10-14-7(2)5-8(16)15-10/h5,13H,4,6H2,1-3H3,(H2,12,17)(H,14,15,16). The van der Waals surface area contributed by atoms with E-state index < -0.39 is 11.4 Å². The van der Waals surface area contributed by atoms with Crippen LogP contribution in [0.25, 0.3) is 0 Å². The molecule has 0 fully saturated rings. The minimum Gasteiger partial charge on any atom is -0.368 e. The Hall–Kier alpha value is -1.34. The zero-order valence-electron chi connectivity index (χ0n) is 10.7. The molecule has 1 aromatic heterocycles. The smallest absolute Gasteiger partial charge is 0.251 e. The molecule has 0 aliphatic rings. The summed E-state index contributed by atoms with van der Waals surface area (Å²) in [7, 11) is 0. The van der Waals surface area contributed by atoms with Crippen LogP contribution < -0.4 is 16.6 Å². The van der Waals surface area contributed by atoms with Crippen LogP contribution in [0.3, 0.4) is 0 Å². The van der Waals surface area contributed by atoms with Gasteiger partial charge in [-0.3, -0.25) is 9.59 Å². The summed E-state index contributed by atoms with van der Waals surface area (Å²) in [5.74, 6) is -0.0189. The molecule has 0 aliphatic heterocycles. The van der Waals surface area contributed by atoms with Crippen molar-refractivity contribution in [1.29, 1.82) is 0 Å². The van der Waals surface area contributed by atoms with E-state index >= 15 is 0 Å². The molecule has 1 rings (SSSR count). The van der Waals surface area contributed by atoms with Crippen molar-refractivity contribution in [2.45, 2.75) is 31.5 Å². The fraction of sp³-hybridized carbons (Fsp3) is 0.545. The highest BCUT2D eigenvalue weighted by molar-refractivity contribution is 7.99. The number of likely N-dealkylation sites (N-methyl/N-ethyl adjacent to an activating group) is 1. The Kier molecular flexibility index (Phi) is 4.92. The molecule has 1 aromatic rings. The topological polar surface area (TPSA) is 101 Å². The monoisotopic (exact) mass is 270 g/mol. The number of aromatic amines is 1. The summed E-state index contributed by atoms with van der Waals surface area (Å²) in [5, 5.41) is 3.53. The number of carbonyl (C=O) groups excluding carboxylic acids is 1. The molecule has 18 heavy (non-hydrogen) atoms. The second-order valence-corrected chi connectivity index (χ2v) is 5.17. The molecule has 4 N–H and O–H groups in total. The van der Waals surface area contributed by atoms with Crippen LogP contribution in [0, 0.1) is 6.92 Å². The first kappa shape index (κ1) is 14.7. The fourth-order valence-electron chi connectivity index (χ4n) is 1.43. The average Bonchev–Trinajstić information content (AvgIpc) is 2.25. The SMILES string of the molecule is CCNC(C)(CSc1nc(C)cc(=O)[nH]1)C(N)=O. The van der Waals surface area contributed by atoms with Crippen LogP contribution in [0.5, 0.6) is 0 Å². The lowest BCUT2D eigenvalue weighted by atomic mass is 10.1. The van der Waals surface area contributed by atoms with Crippen molar-refractivity contribution in [2.75, 3.05) is 12.3 Å². The van der Waals surface area contributed by atoms with Gasteiger partial charge in [-0.25, -0.2) is 4.98 Å². The normalized spacial score (nSPS) is 14.2. The van der Waals surface area contributed by atoms with E-state index in [-0.39, 0.29) is 5.56 Å².